The Bertz CT molecular complexity index is 587. The molecule has 1 rings (SSSR count). The quantitative estimate of drug-likeness (QED) is 0.733. The summed E-state index contributed by atoms with van der Waals surface area (Å²) in [6, 6.07) is 1.09. The zero-order valence-corrected chi connectivity index (χ0v) is 12.8. The lowest BCUT2D eigenvalue weighted by Gasteiger charge is -2.19. The van der Waals surface area contributed by atoms with Gasteiger partial charge in [0, 0.05) is 11.6 Å². The molecule has 3 N–H and O–H groups in total. The van der Waals surface area contributed by atoms with Gasteiger partial charge in [-0.1, -0.05) is 6.92 Å². The van der Waals surface area contributed by atoms with Gasteiger partial charge in [0.2, 0.25) is 5.91 Å². The van der Waals surface area contributed by atoms with E-state index in [2.05, 4.69) is 5.32 Å². The topological polar surface area (TPSA) is 98.5 Å². The maximum absolute atomic E-state index is 13.1. The van der Waals surface area contributed by atoms with E-state index in [0.29, 0.717) is 6.07 Å². The largest absolute Gasteiger partial charge is 0.466 e. The number of carbonyl (C=O) groups excluding carboxylic acids is 3. The molecule has 0 spiro atoms. The van der Waals surface area contributed by atoms with Crippen molar-refractivity contribution >= 4 is 17.8 Å². The number of hydrogen-bond acceptors (Lipinski definition) is 4. The SMILES string of the molecule is CCOC(=O)[C@H](C)C[C@H](NC(=O)c1cc(F)cc(F)c1)C(N)=O. The van der Waals surface area contributed by atoms with Crippen molar-refractivity contribution in [3.63, 3.8) is 0 Å². The fraction of sp³-hybridized carbons (Fsp3) is 0.400. The highest BCUT2D eigenvalue weighted by molar-refractivity contribution is 5.97. The maximum Gasteiger partial charge on any atom is 0.308 e. The van der Waals surface area contributed by atoms with E-state index in [4.69, 9.17) is 10.5 Å². The van der Waals surface area contributed by atoms with Gasteiger partial charge in [0.1, 0.15) is 17.7 Å². The van der Waals surface area contributed by atoms with Gasteiger partial charge < -0.3 is 15.8 Å². The number of carbonyl (C=O) groups is 3. The van der Waals surface area contributed by atoms with Crippen LogP contribution in [0.5, 0.6) is 0 Å². The first kappa shape index (κ1) is 18.5. The Kier molecular flexibility index (Phi) is 6.62. The van der Waals surface area contributed by atoms with Crippen molar-refractivity contribution in [3.05, 3.63) is 35.4 Å². The van der Waals surface area contributed by atoms with Crippen LogP contribution in [0.25, 0.3) is 0 Å². The number of primary amides is 1. The highest BCUT2D eigenvalue weighted by atomic mass is 19.1. The molecule has 0 unspecified atom stereocenters. The molecule has 0 aliphatic carbocycles. The smallest absolute Gasteiger partial charge is 0.308 e. The van der Waals surface area contributed by atoms with Crippen molar-refractivity contribution in [2.45, 2.75) is 26.3 Å². The predicted molar refractivity (Wildman–Crippen MR) is 77.2 cm³/mol. The molecular weight excluding hydrogens is 310 g/mol. The molecule has 1 aromatic carbocycles. The number of rotatable bonds is 7. The Morgan fingerprint density at radius 2 is 1.78 bits per heavy atom. The van der Waals surface area contributed by atoms with Crippen molar-refractivity contribution in [1.82, 2.24) is 5.32 Å². The first-order valence-electron chi connectivity index (χ1n) is 6.97. The van der Waals surface area contributed by atoms with E-state index in [1.54, 1.807) is 6.92 Å². The molecule has 1 aromatic rings. The van der Waals surface area contributed by atoms with Crippen LogP contribution in [-0.2, 0) is 14.3 Å². The van der Waals surface area contributed by atoms with Gasteiger partial charge in [-0.15, -0.1) is 0 Å². The normalized spacial score (nSPS) is 13.0. The Morgan fingerprint density at radius 3 is 2.26 bits per heavy atom. The van der Waals surface area contributed by atoms with E-state index in [0.717, 1.165) is 12.1 Å². The summed E-state index contributed by atoms with van der Waals surface area (Å²) in [5.74, 6) is -4.81. The summed E-state index contributed by atoms with van der Waals surface area (Å²) in [5, 5.41) is 2.26. The van der Waals surface area contributed by atoms with Gasteiger partial charge in [0.05, 0.1) is 12.5 Å². The van der Waals surface area contributed by atoms with Gasteiger partial charge in [-0.2, -0.15) is 0 Å². The van der Waals surface area contributed by atoms with E-state index in [1.807, 2.05) is 0 Å². The molecule has 0 bridgehead atoms. The van der Waals surface area contributed by atoms with E-state index >= 15 is 0 Å². The number of hydrogen-bond donors (Lipinski definition) is 2. The minimum Gasteiger partial charge on any atom is -0.466 e. The van der Waals surface area contributed by atoms with Gasteiger partial charge >= 0.3 is 5.97 Å². The minimum atomic E-state index is -1.17. The van der Waals surface area contributed by atoms with Crippen LogP contribution in [0.15, 0.2) is 18.2 Å². The molecule has 8 heteroatoms. The monoisotopic (exact) mass is 328 g/mol. The fourth-order valence-corrected chi connectivity index (χ4v) is 1.91. The molecule has 0 radical (unpaired) electrons. The molecule has 0 saturated carbocycles. The van der Waals surface area contributed by atoms with Gasteiger partial charge in [-0.05, 0) is 25.5 Å². The number of nitrogens with two attached hydrogens (primary N) is 1. The second-order valence-electron chi connectivity index (χ2n) is 4.98. The van der Waals surface area contributed by atoms with Crippen molar-refractivity contribution in [3.8, 4) is 0 Å². The number of benzene rings is 1. The second kappa shape index (κ2) is 8.21. The summed E-state index contributed by atoms with van der Waals surface area (Å²) in [4.78, 5) is 35.0. The fourth-order valence-electron chi connectivity index (χ4n) is 1.91. The average Bonchev–Trinajstić information content (AvgIpc) is 2.45. The van der Waals surface area contributed by atoms with Crippen molar-refractivity contribution in [1.29, 1.82) is 0 Å². The van der Waals surface area contributed by atoms with Crippen LogP contribution in [0.1, 0.15) is 30.6 Å². The molecule has 2 atom stereocenters. The van der Waals surface area contributed by atoms with Crippen molar-refractivity contribution < 1.29 is 27.9 Å². The van der Waals surface area contributed by atoms with E-state index in [-0.39, 0.29) is 18.6 Å². The van der Waals surface area contributed by atoms with Crippen molar-refractivity contribution in [2.24, 2.45) is 11.7 Å². The Hall–Kier alpha value is -2.51. The summed E-state index contributed by atoms with van der Waals surface area (Å²) < 4.78 is 31.0. The number of nitrogens with one attached hydrogen (secondary N) is 1. The zero-order valence-electron chi connectivity index (χ0n) is 12.8. The summed E-state index contributed by atoms with van der Waals surface area (Å²) in [5.41, 5.74) is 4.90. The van der Waals surface area contributed by atoms with Gasteiger partial charge in [0.25, 0.3) is 5.91 Å². The molecular formula is C15H18F2N2O4. The third kappa shape index (κ3) is 5.65. The van der Waals surface area contributed by atoms with Crippen LogP contribution in [0.4, 0.5) is 8.78 Å². The number of esters is 1. The predicted octanol–water partition coefficient (Wildman–Crippen LogP) is 1.14. The van der Waals surface area contributed by atoms with E-state index in [1.165, 1.54) is 6.92 Å². The van der Waals surface area contributed by atoms with E-state index < -0.39 is 41.4 Å². The van der Waals surface area contributed by atoms with Crippen LogP contribution in [0, 0.1) is 17.6 Å². The number of ether oxygens (including phenoxy) is 1. The lowest BCUT2D eigenvalue weighted by molar-refractivity contribution is -0.147. The third-order valence-electron chi connectivity index (χ3n) is 3.05. The Morgan fingerprint density at radius 1 is 1.22 bits per heavy atom. The summed E-state index contributed by atoms with van der Waals surface area (Å²) >= 11 is 0. The second-order valence-corrected chi connectivity index (χ2v) is 4.98. The van der Waals surface area contributed by atoms with Gasteiger partial charge in [-0.3, -0.25) is 14.4 Å². The van der Waals surface area contributed by atoms with Gasteiger partial charge in [0.15, 0.2) is 0 Å². The molecule has 6 nitrogen and oxygen atoms in total. The first-order valence-corrected chi connectivity index (χ1v) is 6.97. The molecule has 0 aromatic heterocycles. The van der Waals surface area contributed by atoms with Crippen LogP contribution < -0.4 is 11.1 Å². The molecule has 2 amide bonds. The first-order chi connectivity index (χ1) is 10.7. The lowest BCUT2D eigenvalue weighted by atomic mass is 10.0. The Balaban J connectivity index is 2.81. The minimum absolute atomic E-state index is 0.0856. The number of halogens is 2. The van der Waals surface area contributed by atoms with Crippen LogP contribution >= 0.6 is 0 Å². The molecule has 0 aliphatic rings. The van der Waals surface area contributed by atoms with Crippen molar-refractivity contribution in [2.75, 3.05) is 6.61 Å². The molecule has 0 saturated heterocycles. The van der Waals surface area contributed by atoms with Crippen LogP contribution in [-0.4, -0.2) is 30.4 Å². The Labute approximate surface area is 132 Å². The molecule has 0 heterocycles. The third-order valence-corrected chi connectivity index (χ3v) is 3.05. The summed E-state index contributed by atoms with van der Waals surface area (Å²) in [7, 11) is 0. The molecule has 0 fully saturated rings. The molecule has 126 valence electrons. The lowest BCUT2D eigenvalue weighted by Crippen LogP contribution is -2.46. The summed E-state index contributed by atoms with van der Waals surface area (Å²) in [6.07, 6.45) is -0.0856. The zero-order chi connectivity index (χ0) is 17.6. The highest BCUT2D eigenvalue weighted by Gasteiger charge is 2.25. The van der Waals surface area contributed by atoms with Gasteiger partial charge in [-0.25, -0.2) is 8.78 Å². The van der Waals surface area contributed by atoms with Crippen LogP contribution in [0.3, 0.4) is 0 Å². The standard InChI is InChI=1S/C15H18F2N2O4/c1-3-23-15(22)8(2)4-12(13(18)20)19-14(21)9-5-10(16)7-11(17)6-9/h5-8,12H,3-4H2,1-2H3,(H2,18,20)(H,19,21)/t8-,12+/m1/s1. The van der Waals surface area contributed by atoms with Crippen LogP contribution in [0.2, 0.25) is 0 Å². The average molecular weight is 328 g/mol. The highest BCUT2D eigenvalue weighted by Crippen LogP contribution is 2.11. The molecule has 23 heavy (non-hydrogen) atoms. The summed E-state index contributed by atoms with van der Waals surface area (Å²) in [6.45, 7) is 3.33. The van der Waals surface area contributed by atoms with E-state index in [9.17, 15) is 23.2 Å². The molecule has 0 aliphatic heterocycles. The maximum atomic E-state index is 13.1. The number of amides is 2.